The van der Waals surface area contributed by atoms with E-state index in [0.29, 0.717) is 6.42 Å². The highest BCUT2D eigenvalue weighted by Crippen LogP contribution is 2.74. The van der Waals surface area contributed by atoms with Gasteiger partial charge in [-0.15, -0.1) is 0 Å². The van der Waals surface area contributed by atoms with Crippen molar-refractivity contribution in [2.75, 3.05) is 0 Å². The van der Waals surface area contributed by atoms with Crippen LogP contribution in [0.5, 0.6) is 0 Å². The van der Waals surface area contributed by atoms with Crippen LogP contribution < -0.4 is 0 Å². The zero-order chi connectivity index (χ0) is 17.4. The van der Waals surface area contributed by atoms with Crippen LogP contribution in [-0.2, 0) is 0 Å². The molecule has 0 bridgehead atoms. The van der Waals surface area contributed by atoms with Crippen molar-refractivity contribution in [2.24, 2.45) is 27.6 Å². The van der Waals surface area contributed by atoms with E-state index in [0.717, 1.165) is 0 Å². The Labute approximate surface area is 129 Å². The average molecular weight is 326 g/mol. The van der Waals surface area contributed by atoms with Crippen LogP contribution in [0.1, 0.15) is 67.2 Å². The molecule has 0 saturated heterocycles. The summed E-state index contributed by atoms with van der Waals surface area (Å²) in [6.45, 7) is 9.78. The molecule has 5 heteroatoms. The molecule has 0 aliphatic heterocycles. The molecule has 2 rings (SSSR count). The Morgan fingerprint density at radius 3 is 1.68 bits per heavy atom. The van der Waals surface area contributed by atoms with Gasteiger partial charge in [-0.1, -0.05) is 41.5 Å². The van der Waals surface area contributed by atoms with E-state index >= 15 is 0 Å². The standard InChI is InChI=1S/C17H27F5/c1-12(2,3)15(17(20,21)22)8-7-11(15)9-13(4,5)14(6)10-16(14,18)19/h11H,7-10H2,1-6H3. The van der Waals surface area contributed by atoms with Gasteiger partial charge in [0.25, 0.3) is 5.92 Å². The first kappa shape index (κ1) is 18.0. The van der Waals surface area contributed by atoms with Crippen LogP contribution in [0.25, 0.3) is 0 Å². The zero-order valence-electron chi connectivity index (χ0n) is 14.3. The maximum absolute atomic E-state index is 13.8. The molecule has 130 valence electrons. The Hall–Kier alpha value is -0.350. The fourth-order valence-electron chi connectivity index (χ4n) is 4.67. The van der Waals surface area contributed by atoms with E-state index in [1.54, 1.807) is 34.6 Å². The maximum atomic E-state index is 13.8. The Balaban J connectivity index is 2.27. The molecule has 0 heterocycles. The second-order valence-corrected chi connectivity index (χ2v) is 9.26. The van der Waals surface area contributed by atoms with Crippen LogP contribution in [0.15, 0.2) is 0 Å². The van der Waals surface area contributed by atoms with E-state index in [-0.39, 0.29) is 19.3 Å². The predicted octanol–water partition coefficient (Wildman–Crippen LogP) is 6.45. The molecular weight excluding hydrogens is 299 g/mol. The average Bonchev–Trinajstić information content (AvgIpc) is 2.71. The van der Waals surface area contributed by atoms with Crippen LogP contribution in [0.4, 0.5) is 22.0 Å². The van der Waals surface area contributed by atoms with Crippen LogP contribution in [0.3, 0.4) is 0 Å². The van der Waals surface area contributed by atoms with Crippen molar-refractivity contribution in [3.63, 3.8) is 0 Å². The Morgan fingerprint density at radius 1 is 1.00 bits per heavy atom. The molecule has 0 spiro atoms. The van der Waals surface area contributed by atoms with Crippen molar-refractivity contribution in [3.05, 3.63) is 0 Å². The largest absolute Gasteiger partial charge is 0.395 e. The fourth-order valence-corrected chi connectivity index (χ4v) is 4.67. The molecular formula is C17H27F5. The van der Waals surface area contributed by atoms with E-state index < -0.39 is 39.7 Å². The third-order valence-electron chi connectivity index (χ3n) is 6.94. The summed E-state index contributed by atoms with van der Waals surface area (Å²) in [6, 6.07) is 0. The smallest absolute Gasteiger partial charge is 0.206 e. The second-order valence-electron chi connectivity index (χ2n) is 9.26. The maximum Gasteiger partial charge on any atom is 0.395 e. The van der Waals surface area contributed by atoms with Crippen LogP contribution in [-0.4, -0.2) is 12.1 Å². The summed E-state index contributed by atoms with van der Waals surface area (Å²) in [5.41, 5.74) is -4.65. The molecule has 0 N–H and O–H groups in total. The van der Waals surface area contributed by atoms with E-state index in [4.69, 9.17) is 0 Å². The number of hydrogen-bond donors (Lipinski definition) is 0. The van der Waals surface area contributed by atoms with Gasteiger partial charge < -0.3 is 0 Å². The molecule has 0 amide bonds. The molecule has 22 heavy (non-hydrogen) atoms. The SMILES string of the molecule is CC(C)(C)C1(C(F)(F)F)CCC1CC(C)(C)C1(C)CC1(F)F. The van der Waals surface area contributed by atoms with Crippen LogP contribution >= 0.6 is 0 Å². The summed E-state index contributed by atoms with van der Waals surface area (Å²) in [6.07, 6.45) is -3.73. The van der Waals surface area contributed by atoms with Crippen molar-refractivity contribution in [3.8, 4) is 0 Å². The normalized spacial score (nSPS) is 38.6. The molecule has 0 radical (unpaired) electrons. The van der Waals surface area contributed by atoms with Crippen molar-refractivity contribution in [1.82, 2.24) is 0 Å². The van der Waals surface area contributed by atoms with Crippen molar-refractivity contribution in [2.45, 2.75) is 79.3 Å². The highest BCUT2D eigenvalue weighted by atomic mass is 19.4. The minimum Gasteiger partial charge on any atom is -0.206 e. The number of halogens is 5. The molecule has 3 atom stereocenters. The lowest BCUT2D eigenvalue weighted by atomic mass is 9.46. The number of alkyl halides is 5. The van der Waals surface area contributed by atoms with Gasteiger partial charge in [0, 0.05) is 11.8 Å². The summed E-state index contributed by atoms with van der Waals surface area (Å²) in [5, 5.41) is 0. The van der Waals surface area contributed by atoms with Crippen molar-refractivity contribution in [1.29, 1.82) is 0 Å². The van der Waals surface area contributed by atoms with E-state index in [2.05, 4.69) is 0 Å². The quantitative estimate of drug-likeness (QED) is 0.523. The highest BCUT2D eigenvalue weighted by Gasteiger charge is 2.76. The second kappa shape index (κ2) is 4.38. The third-order valence-corrected chi connectivity index (χ3v) is 6.94. The first-order valence-corrected chi connectivity index (χ1v) is 7.96. The number of rotatable bonds is 3. The van der Waals surface area contributed by atoms with Gasteiger partial charge in [0.1, 0.15) is 0 Å². The molecule has 2 aliphatic rings. The minimum atomic E-state index is -4.29. The fraction of sp³-hybridized carbons (Fsp3) is 1.00. The van der Waals surface area contributed by atoms with Crippen LogP contribution in [0.2, 0.25) is 0 Å². The molecule has 0 aromatic rings. The summed E-state index contributed by atoms with van der Waals surface area (Å²) >= 11 is 0. The first-order valence-electron chi connectivity index (χ1n) is 7.96. The third kappa shape index (κ3) is 2.13. The topological polar surface area (TPSA) is 0 Å². The van der Waals surface area contributed by atoms with Crippen molar-refractivity contribution < 1.29 is 22.0 Å². The molecule has 0 aromatic carbocycles. The van der Waals surface area contributed by atoms with E-state index in [1.165, 1.54) is 6.92 Å². The van der Waals surface area contributed by atoms with Gasteiger partial charge in [0.15, 0.2) is 0 Å². The lowest BCUT2D eigenvalue weighted by Crippen LogP contribution is -2.60. The summed E-state index contributed by atoms with van der Waals surface area (Å²) < 4.78 is 68.8. The summed E-state index contributed by atoms with van der Waals surface area (Å²) in [4.78, 5) is 0. The van der Waals surface area contributed by atoms with E-state index in [1.807, 2.05) is 0 Å². The molecule has 2 aliphatic carbocycles. The molecule has 0 aromatic heterocycles. The Kier molecular flexibility index (Phi) is 3.59. The monoisotopic (exact) mass is 326 g/mol. The zero-order valence-corrected chi connectivity index (χ0v) is 14.3. The van der Waals surface area contributed by atoms with Gasteiger partial charge in [-0.25, -0.2) is 8.78 Å². The van der Waals surface area contributed by atoms with Gasteiger partial charge in [-0.3, -0.25) is 0 Å². The summed E-state index contributed by atoms with van der Waals surface area (Å²) in [5.74, 6) is -3.32. The predicted molar refractivity (Wildman–Crippen MR) is 76.7 cm³/mol. The van der Waals surface area contributed by atoms with Gasteiger partial charge in [0.2, 0.25) is 0 Å². The Bertz CT molecular complexity index is 441. The first-order chi connectivity index (χ1) is 9.52. The molecule has 2 fully saturated rings. The van der Waals surface area contributed by atoms with Gasteiger partial charge >= 0.3 is 6.18 Å². The minimum absolute atomic E-state index is 0.105. The summed E-state index contributed by atoms with van der Waals surface area (Å²) in [7, 11) is 0. The van der Waals surface area contributed by atoms with Gasteiger partial charge in [0.05, 0.1) is 5.41 Å². The van der Waals surface area contributed by atoms with E-state index in [9.17, 15) is 22.0 Å². The van der Waals surface area contributed by atoms with Crippen LogP contribution in [0, 0.1) is 27.6 Å². The lowest BCUT2D eigenvalue weighted by Gasteiger charge is -2.59. The lowest BCUT2D eigenvalue weighted by molar-refractivity contribution is -0.316. The van der Waals surface area contributed by atoms with Gasteiger partial charge in [-0.05, 0) is 36.0 Å². The number of hydrogen-bond acceptors (Lipinski definition) is 0. The highest BCUT2D eigenvalue weighted by molar-refractivity contribution is 5.16. The molecule has 2 saturated carbocycles. The molecule has 3 unspecified atom stereocenters. The van der Waals surface area contributed by atoms with Crippen molar-refractivity contribution >= 4 is 0 Å². The Morgan fingerprint density at radius 2 is 1.45 bits per heavy atom. The molecule has 0 nitrogen and oxygen atoms in total. The van der Waals surface area contributed by atoms with Gasteiger partial charge in [-0.2, -0.15) is 13.2 Å².